The van der Waals surface area contributed by atoms with E-state index in [1.165, 1.54) is 0 Å². The normalized spacial score (nSPS) is 22.3. The van der Waals surface area contributed by atoms with Gasteiger partial charge in [-0.2, -0.15) is 0 Å². The molecule has 0 unspecified atom stereocenters. The molecule has 0 saturated heterocycles. The molecule has 1 fully saturated rings. The van der Waals surface area contributed by atoms with Crippen molar-refractivity contribution in [2.24, 2.45) is 17.3 Å². The van der Waals surface area contributed by atoms with Gasteiger partial charge in [0.25, 0.3) is 0 Å². The molecule has 8 heteroatoms. The van der Waals surface area contributed by atoms with Gasteiger partial charge in [-0.25, -0.2) is 4.79 Å². The number of urea groups is 1. The van der Waals surface area contributed by atoms with Crippen molar-refractivity contribution in [1.29, 1.82) is 0 Å². The largest absolute Gasteiger partial charge is 0.333 e. The molecule has 1 rings (SSSR count). The van der Waals surface area contributed by atoms with Gasteiger partial charge in [0.05, 0.1) is 5.92 Å². The average molecular weight is 366 g/mol. The van der Waals surface area contributed by atoms with E-state index < -0.39 is 11.6 Å². The molecular formula is C14H21Cl2N3O2S. The van der Waals surface area contributed by atoms with Gasteiger partial charge in [-0.1, -0.05) is 37.0 Å². The zero-order valence-electron chi connectivity index (χ0n) is 13.2. The highest BCUT2D eigenvalue weighted by Gasteiger charge is 2.60. The first-order valence-electron chi connectivity index (χ1n) is 6.81. The van der Waals surface area contributed by atoms with E-state index in [4.69, 9.17) is 35.4 Å². The molecule has 1 aliphatic carbocycles. The van der Waals surface area contributed by atoms with Crippen LogP contribution in [0.25, 0.3) is 0 Å². The number of carbonyl (C=O) groups is 2. The summed E-state index contributed by atoms with van der Waals surface area (Å²) < 4.78 is 0.138. The summed E-state index contributed by atoms with van der Waals surface area (Å²) >= 11 is 16.3. The first kappa shape index (κ1) is 19.2. The van der Waals surface area contributed by atoms with Gasteiger partial charge >= 0.3 is 6.03 Å². The second kappa shape index (κ2) is 6.72. The van der Waals surface area contributed by atoms with Crippen LogP contribution in [0.15, 0.2) is 10.6 Å². The maximum atomic E-state index is 12.2. The third-order valence-electron chi connectivity index (χ3n) is 3.45. The van der Waals surface area contributed by atoms with Crippen molar-refractivity contribution >= 4 is 52.5 Å². The number of hydrogen-bond acceptors (Lipinski definition) is 3. The number of hydrogen-bond donors (Lipinski definition) is 3. The Morgan fingerprint density at radius 3 is 2.18 bits per heavy atom. The van der Waals surface area contributed by atoms with Crippen molar-refractivity contribution in [3.63, 3.8) is 0 Å². The second-order valence-electron chi connectivity index (χ2n) is 6.93. The smallest absolute Gasteiger partial charge is 0.321 e. The molecule has 3 N–H and O–H groups in total. The van der Waals surface area contributed by atoms with Crippen LogP contribution in [0.4, 0.5) is 4.79 Å². The van der Waals surface area contributed by atoms with Gasteiger partial charge in [0, 0.05) is 5.54 Å². The zero-order chi connectivity index (χ0) is 17.3. The molecule has 1 saturated carbocycles. The van der Waals surface area contributed by atoms with E-state index in [0.29, 0.717) is 0 Å². The average Bonchev–Trinajstić information content (AvgIpc) is 2.75. The van der Waals surface area contributed by atoms with Crippen molar-refractivity contribution in [3.05, 3.63) is 10.6 Å². The Morgan fingerprint density at radius 2 is 1.73 bits per heavy atom. The first-order valence-corrected chi connectivity index (χ1v) is 7.98. The Bertz CT molecular complexity index is 523. The number of rotatable bonds is 2. The maximum absolute atomic E-state index is 12.2. The molecule has 0 spiro atoms. The quantitative estimate of drug-likeness (QED) is 0.658. The molecule has 0 radical (unpaired) electrons. The van der Waals surface area contributed by atoms with Crippen LogP contribution in [-0.4, -0.2) is 22.6 Å². The van der Waals surface area contributed by atoms with Crippen molar-refractivity contribution in [1.82, 2.24) is 16.0 Å². The molecule has 124 valence electrons. The topological polar surface area (TPSA) is 70.2 Å². The number of allylic oxidation sites excluding steroid dienone is 1. The van der Waals surface area contributed by atoms with E-state index in [-0.39, 0.29) is 32.8 Å². The predicted molar refractivity (Wildman–Crippen MR) is 92.7 cm³/mol. The summed E-state index contributed by atoms with van der Waals surface area (Å²) in [7, 11) is 0. The van der Waals surface area contributed by atoms with Crippen LogP contribution in [0, 0.1) is 17.3 Å². The lowest BCUT2D eigenvalue weighted by Crippen LogP contribution is -2.51. The van der Waals surface area contributed by atoms with Gasteiger partial charge in [-0.15, -0.1) is 0 Å². The lowest BCUT2D eigenvalue weighted by atomic mass is 10.1. The summed E-state index contributed by atoms with van der Waals surface area (Å²) in [6.45, 7) is 9.41. The lowest BCUT2D eigenvalue weighted by Gasteiger charge is -2.21. The lowest BCUT2D eigenvalue weighted by molar-refractivity contribution is -0.121. The van der Waals surface area contributed by atoms with Crippen molar-refractivity contribution < 1.29 is 9.59 Å². The van der Waals surface area contributed by atoms with E-state index in [1.54, 1.807) is 6.08 Å². The molecular weight excluding hydrogens is 345 g/mol. The molecule has 3 amide bonds. The summed E-state index contributed by atoms with van der Waals surface area (Å²) in [5.41, 5.74) is -0.641. The summed E-state index contributed by atoms with van der Waals surface area (Å²) in [5, 5.41) is 7.59. The van der Waals surface area contributed by atoms with Crippen LogP contribution in [0.5, 0.6) is 0 Å². The molecule has 5 nitrogen and oxygen atoms in total. The minimum Gasteiger partial charge on any atom is -0.333 e. The van der Waals surface area contributed by atoms with E-state index >= 15 is 0 Å². The van der Waals surface area contributed by atoms with E-state index in [0.717, 1.165) is 0 Å². The van der Waals surface area contributed by atoms with Crippen molar-refractivity contribution in [3.8, 4) is 0 Å². The first-order chi connectivity index (χ1) is 9.84. The highest BCUT2D eigenvalue weighted by Crippen LogP contribution is 2.59. The van der Waals surface area contributed by atoms with Gasteiger partial charge in [0.15, 0.2) is 5.11 Å². The third kappa shape index (κ3) is 5.41. The molecule has 0 aromatic carbocycles. The highest BCUT2D eigenvalue weighted by atomic mass is 35.5. The Hall–Kier alpha value is -0.850. The van der Waals surface area contributed by atoms with Gasteiger partial charge < -0.3 is 10.6 Å². The van der Waals surface area contributed by atoms with E-state index in [2.05, 4.69) is 16.0 Å². The minimum absolute atomic E-state index is 0.0332. The summed E-state index contributed by atoms with van der Waals surface area (Å²) in [5.74, 6) is -0.601. The molecule has 0 aliphatic heterocycles. The summed E-state index contributed by atoms with van der Waals surface area (Å²) in [6.07, 6.45) is 1.65. The monoisotopic (exact) mass is 365 g/mol. The molecule has 22 heavy (non-hydrogen) atoms. The molecule has 1 aliphatic rings. The van der Waals surface area contributed by atoms with Crippen LogP contribution in [-0.2, 0) is 4.79 Å². The molecule has 0 aromatic rings. The Labute approximate surface area is 146 Å². The SMILES string of the molecule is CC(C)(C)NC(=O)NC(=S)NC(=O)[C@H]1[C@H](C=C(Cl)Cl)C1(C)C. The number of thiocarbonyl (C=S) groups is 1. The van der Waals surface area contributed by atoms with Crippen LogP contribution >= 0.6 is 35.4 Å². The van der Waals surface area contributed by atoms with Crippen LogP contribution in [0.1, 0.15) is 34.6 Å². The molecule has 0 heterocycles. The van der Waals surface area contributed by atoms with E-state index in [1.807, 2.05) is 34.6 Å². The fourth-order valence-corrected chi connectivity index (χ4v) is 2.79. The number of amides is 3. The zero-order valence-corrected chi connectivity index (χ0v) is 15.5. The minimum atomic E-state index is -0.465. The Kier molecular flexibility index (Phi) is 5.87. The number of carbonyl (C=O) groups excluding carboxylic acids is 2. The predicted octanol–water partition coefficient (Wildman–Crippen LogP) is 3.08. The summed E-state index contributed by atoms with van der Waals surface area (Å²) in [6, 6.07) is -0.465. The fraction of sp³-hybridized carbons (Fsp3) is 0.643. The van der Waals surface area contributed by atoms with Gasteiger partial charge in [-0.3, -0.25) is 10.1 Å². The van der Waals surface area contributed by atoms with E-state index in [9.17, 15) is 9.59 Å². The standard InChI is InChI=1S/C14H21Cl2N3O2S/c1-13(2,3)19-11(21)18-12(22)17-10(20)9-7(6-8(15)16)14(9,4)5/h6-7,9H,1-5H3,(H3,17,18,19,20,21,22)/t7-,9+/m0/s1. The van der Waals surface area contributed by atoms with Gasteiger partial charge in [0.1, 0.15) is 4.49 Å². The molecule has 0 bridgehead atoms. The van der Waals surface area contributed by atoms with Crippen molar-refractivity contribution in [2.75, 3.05) is 0 Å². The second-order valence-corrected chi connectivity index (χ2v) is 8.34. The highest BCUT2D eigenvalue weighted by molar-refractivity contribution is 7.80. The fourth-order valence-electron chi connectivity index (χ4n) is 2.32. The Balaban J connectivity index is 2.54. The Morgan fingerprint density at radius 1 is 1.18 bits per heavy atom. The third-order valence-corrected chi connectivity index (χ3v) is 3.91. The van der Waals surface area contributed by atoms with Crippen molar-refractivity contribution in [2.45, 2.75) is 40.2 Å². The molecule has 0 aromatic heterocycles. The number of halogens is 2. The molecule has 2 atom stereocenters. The van der Waals surface area contributed by atoms with Crippen LogP contribution in [0.3, 0.4) is 0 Å². The van der Waals surface area contributed by atoms with Crippen LogP contribution < -0.4 is 16.0 Å². The van der Waals surface area contributed by atoms with Crippen LogP contribution in [0.2, 0.25) is 0 Å². The maximum Gasteiger partial charge on any atom is 0.321 e. The van der Waals surface area contributed by atoms with Gasteiger partial charge in [-0.05, 0) is 50.4 Å². The summed E-state index contributed by atoms with van der Waals surface area (Å²) in [4.78, 5) is 23.9. The van der Waals surface area contributed by atoms with Gasteiger partial charge in [0.2, 0.25) is 5.91 Å². The number of nitrogens with one attached hydrogen (secondary N) is 3.